The minimum atomic E-state index is -0.282. The summed E-state index contributed by atoms with van der Waals surface area (Å²) in [4.78, 5) is 27.7. The van der Waals surface area contributed by atoms with Crippen LogP contribution in [0, 0.1) is 0 Å². The van der Waals surface area contributed by atoms with Crippen molar-refractivity contribution in [2.45, 2.75) is 97.3 Å². The lowest BCUT2D eigenvalue weighted by molar-refractivity contribution is -0.135. The van der Waals surface area contributed by atoms with Gasteiger partial charge in [0, 0.05) is 31.6 Å². The van der Waals surface area contributed by atoms with Crippen LogP contribution in [0.1, 0.15) is 97.6 Å². The summed E-state index contributed by atoms with van der Waals surface area (Å²) in [5, 5.41) is 8.23. The normalized spacial score (nSPS) is 11.5. The summed E-state index contributed by atoms with van der Waals surface area (Å²) >= 11 is 6.44. The van der Waals surface area contributed by atoms with Gasteiger partial charge in [-0.2, -0.15) is 5.10 Å². The maximum Gasteiger partial charge on any atom is 0.245 e. The fourth-order valence-electron chi connectivity index (χ4n) is 4.24. The van der Waals surface area contributed by atoms with Gasteiger partial charge in [0.1, 0.15) is 5.82 Å². The number of hydrogen-bond acceptors (Lipinski definition) is 4. The molecule has 0 saturated heterocycles. The Balaban J connectivity index is 1.99. The maximum atomic E-state index is 13.1. The van der Waals surface area contributed by atoms with Crippen molar-refractivity contribution in [3.63, 3.8) is 0 Å². The lowest BCUT2D eigenvalue weighted by atomic mass is 9.92. The second kappa shape index (κ2) is 16.6. The number of carbonyl (C=O) groups excluding carboxylic acids is 2. The molecule has 0 spiro atoms. The molecule has 0 atom stereocenters. The van der Waals surface area contributed by atoms with Crippen molar-refractivity contribution in [3.05, 3.63) is 41.0 Å². The van der Waals surface area contributed by atoms with Gasteiger partial charge in [0.25, 0.3) is 0 Å². The Morgan fingerprint density at radius 1 is 1.03 bits per heavy atom. The summed E-state index contributed by atoms with van der Waals surface area (Å²) in [6.07, 6.45) is 11.2. The summed E-state index contributed by atoms with van der Waals surface area (Å²) in [6.45, 7) is 9.13. The van der Waals surface area contributed by atoms with Crippen LogP contribution in [0.15, 0.2) is 30.3 Å². The Morgan fingerprint density at radius 2 is 1.66 bits per heavy atom. The molecule has 0 aliphatic rings. The number of methoxy groups -OCH3 is 1. The molecule has 7 nitrogen and oxygen atoms in total. The predicted octanol–water partition coefficient (Wildman–Crippen LogP) is 7.16. The van der Waals surface area contributed by atoms with Crippen LogP contribution in [-0.4, -0.2) is 53.3 Å². The molecule has 0 aliphatic heterocycles. The molecular formula is C30H47ClN4O3. The van der Waals surface area contributed by atoms with Crippen molar-refractivity contribution in [2.75, 3.05) is 32.1 Å². The second-order valence-corrected chi connectivity index (χ2v) is 11.4. The molecule has 1 aromatic heterocycles. The zero-order valence-corrected chi connectivity index (χ0v) is 24.8. The van der Waals surface area contributed by atoms with Crippen LogP contribution in [0.3, 0.4) is 0 Å². The molecule has 1 aromatic carbocycles. The van der Waals surface area contributed by atoms with Crippen molar-refractivity contribution in [1.82, 2.24) is 14.7 Å². The number of halogens is 1. The molecule has 0 aliphatic carbocycles. The molecule has 1 N–H and O–H groups in total. The molecule has 8 heteroatoms. The highest BCUT2D eigenvalue weighted by molar-refractivity contribution is 6.32. The second-order valence-electron chi connectivity index (χ2n) is 11.0. The van der Waals surface area contributed by atoms with Gasteiger partial charge in [0.2, 0.25) is 11.8 Å². The first-order valence-electron chi connectivity index (χ1n) is 14.1. The summed E-state index contributed by atoms with van der Waals surface area (Å²) in [5.74, 6) is 0.219. The van der Waals surface area contributed by atoms with E-state index in [0.717, 1.165) is 25.0 Å². The lowest BCUT2D eigenvalue weighted by Gasteiger charge is -2.22. The number of anilines is 1. The number of nitrogens with one attached hydrogen (secondary N) is 1. The fourth-order valence-corrected chi connectivity index (χ4v) is 4.45. The van der Waals surface area contributed by atoms with E-state index in [-0.39, 0.29) is 23.8 Å². The number of aromatic nitrogens is 2. The molecule has 2 rings (SSSR count). The first-order valence-corrected chi connectivity index (χ1v) is 14.5. The Labute approximate surface area is 234 Å². The average Bonchev–Trinajstić information content (AvgIpc) is 3.29. The Morgan fingerprint density at radius 3 is 2.26 bits per heavy atom. The number of rotatable bonds is 17. The standard InChI is InChI=1S/C30H47ClN4O3/c1-6-7-8-9-10-11-12-13-14-19-29(37)34(20-21-38-5)23-28(36)32-27-22-26(30(2,3)4)33-35(27)25-18-16-15-17-24(25)31/h15-18,22H,6-14,19-21,23H2,1-5H3,(H,32,36). The van der Waals surface area contributed by atoms with Crippen molar-refractivity contribution >= 4 is 29.2 Å². The van der Waals surface area contributed by atoms with E-state index >= 15 is 0 Å². The first-order chi connectivity index (χ1) is 18.2. The van der Waals surface area contributed by atoms with Crippen LogP contribution in [0.2, 0.25) is 5.02 Å². The van der Waals surface area contributed by atoms with Crippen molar-refractivity contribution in [3.8, 4) is 5.69 Å². The van der Waals surface area contributed by atoms with Crippen LogP contribution in [0.5, 0.6) is 0 Å². The van der Waals surface area contributed by atoms with Crippen LogP contribution < -0.4 is 5.32 Å². The SMILES string of the molecule is CCCCCCCCCCCC(=O)N(CCOC)CC(=O)Nc1cc(C(C)(C)C)nn1-c1ccccc1Cl. The lowest BCUT2D eigenvalue weighted by Crippen LogP contribution is -2.40. The van der Waals surface area contributed by atoms with Gasteiger partial charge in [-0.3, -0.25) is 9.59 Å². The predicted molar refractivity (Wildman–Crippen MR) is 156 cm³/mol. The zero-order chi connectivity index (χ0) is 28.0. The minimum Gasteiger partial charge on any atom is -0.383 e. The molecule has 0 saturated carbocycles. The van der Waals surface area contributed by atoms with E-state index in [0.29, 0.717) is 36.1 Å². The molecule has 212 valence electrons. The van der Waals surface area contributed by atoms with Crippen LogP contribution in [0.4, 0.5) is 5.82 Å². The number of ether oxygens (including phenoxy) is 1. The van der Waals surface area contributed by atoms with Gasteiger partial charge in [-0.1, -0.05) is 103 Å². The molecular weight excluding hydrogens is 500 g/mol. The van der Waals surface area contributed by atoms with Gasteiger partial charge in [-0.05, 0) is 18.6 Å². The number of para-hydroxylation sites is 1. The number of nitrogens with zero attached hydrogens (tertiary/aromatic N) is 3. The molecule has 0 radical (unpaired) electrons. The third-order valence-electron chi connectivity index (χ3n) is 6.57. The highest BCUT2D eigenvalue weighted by Gasteiger charge is 2.23. The summed E-state index contributed by atoms with van der Waals surface area (Å²) in [6, 6.07) is 9.24. The Hall–Kier alpha value is -2.38. The van der Waals surface area contributed by atoms with E-state index in [2.05, 4.69) is 33.0 Å². The quantitative estimate of drug-likeness (QED) is 0.214. The maximum absolute atomic E-state index is 13.1. The topological polar surface area (TPSA) is 76.5 Å². The number of carbonyl (C=O) groups is 2. The van der Waals surface area contributed by atoms with E-state index < -0.39 is 0 Å². The summed E-state index contributed by atoms with van der Waals surface area (Å²) < 4.78 is 6.85. The van der Waals surface area contributed by atoms with E-state index in [1.54, 1.807) is 22.8 Å². The molecule has 1 heterocycles. The average molecular weight is 547 g/mol. The van der Waals surface area contributed by atoms with Crippen molar-refractivity contribution in [2.24, 2.45) is 0 Å². The highest BCUT2D eigenvalue weighted by Crippen LogP contribution is 2.29. The number of amides is 2. The molecule has 38 heavy (non-hydrogen) atoms. The van der Waals surface area contributed by atoms with Crippen LogP contribution in [-0.2, 0) is 19.7 Å². The van der Waals surface area contributed by atoms with Gasteiger partial charge in [-0.15, -0.1) is 0 Å². The summed E-state index contributed by atoms with van der Waals surface area (Å²) in [7, 11) is 1.60. The van der Waals surface area contributed by atoms with Gasteiger partial charge in [-0.25, -0.2) is 4.68 Å². The van der Waals surface area contributed by atoms with E-state index in [9.17, 15) is 9.59 Å². The van der Waals surface area contributed by atoms with Gasteiger partial charge in [0.15, 0.2) is 0 Å². The fraction of sp³-hybridized carbons (Fsp3) is 0.633. The molecule has 0 bridgehead atoms. The van der Waals surface area contributed by atoms with Crippen LogP contribution >= 0.6 is 11.6 Å². The van der Waals surface area contributed by atoms with Crippen molar-refractivity contribution < 1.29 is 14.3 Å². The van der Waals surface area contributed by atoms with E-state index in [1.165, 1.54) is 38.5 Å². The number of benzene rings is 1. The van der Waals surface area contributed by atoms with Crippen molar-refractivity contribution in [1.29, 1.82) is 0 Å². The van der Waals surface area contributed by atoms with Gasteiger partial charge >= 0.3 is 0 Å². The molecule has 2 aromatic rings. The summed E-state index contributed by atoms with van der Waals surface area (Å²) in [5.41, 5.74) is 1.28. The third kappa shape index (κ3) is 10.8. The minimum absolute atomic E-state index is 0.0184. The molecule has 2 amide bonds. The smallest absolute Gasteiger partial charge is 0.245 e. The first kappa shape index (κ1) is 31.8. The zero-order valence-electron chi connectivity index (χ0n) is 24.0. The Bertz CT molecular complexity index is 1000. The van der Waals surface area contributed by atoms with Crippen LogP contribution in [0.25, 0.3) is 5.69 Å². The van der Waals surface area contributed by atoms with E-state index in [4.69, 9.17) is 21.4 Å². The Kier molecular flexibility index (Phi) is 13.9. The largest absolute Gasteiger partial charge is 0.383 e. The molecule has 0 fully saturated rings. The monoisotopic (exact) mass is 546 g/mol. The molecule has 0 unspecified atom stereocenters. The van der Waals surface area contributed by atoms with E-state index in [1.807, 2.05) is 24.3 Å². The number of unbranched alkanes of at least 4 members (excludes halogenated alkanes) is 8. The highest BCUT2D eigenvalue weighted by atomic mass is 35.5. The van der Waals surface area contributed by atoms with Gasteiger partial charge < -0.3 is 15.0 Å². The number of hydrogen-bond donors (Lipinski definition) is 1. The third-order valence-corrected chi connectivity index (χ3v) is 6.89. The van der Waals surface area contributed by atoms with Gasteiger partial charge in [0.05, 0.1) is 29.6 Å².